The van der Waals surface area contributed by atoms with E-state index in [4.69, 9.17) is 22.3 Å². The summed E-state index contributed by atoms with van der Waals surface area (Å²) in [5.41, 5.74) is 12.4. The SMILES string of the molecule is C=C(N)c1cc(-c2ccccc2Cl)nc2c(C)cc(C)cc12. The van der Waals surface area contributed by atoms with Crippen LogP contribution >= 0.6 is 11.6 Å². The number of fused-ring (bicyclic) bond motifs is 1. The Morgan fingerprint density at radius 3 is 2.55 bits per heavy atom. The Kier molecular flexibility index (Phi) is 3.63. The van der Waals surface area contributed by atoms with Gasteiger partial charge in [-0.25, -0.2) is 4.98 Å². The molecule has 2 N–H and O–H groups in total. The first-order valence-electron chi connectivity index (χ1n) is 7.09. The van der Waals surface area contributed by atoms with E-state index < -0.39 is 0 Å². The number of nitrogens with zero attached hydrogens (tertiary/aromatic N) is 1. The topological polar surface area (TPSA) is 38.9 Å². The predicted octanol–water partition coefficient (Wildman–Crippen LogP) is 5.10. The lowest BCUT2D eigenvalue weighted by atomic mass is 9.98. The van der Waals surface area contributed by atoms with Gasteiger partial charge in [0.05, 0.1) is 11.2 Å². The van der Waals surface area contributed by atoms with Gasteiger partial charge in [0, 0.05) is 27.2 Å². The molecule has 0 aliphatic carbocycles. The number of pyridine rings is 1. The number of benzene rings is 2. The number of hydrogen-bond acceptors (Lipinski definition) is 2. The van der Waals surface area contributed by atoms with Crippen LogP contribution in [0.2, 0.25) is 5.02 Å². The van der Waals surface area contributed by atoms with E-state index in [9.17, 15) is 0 Å². The fourth-order valence-corrected chi connectivity index (χ4v) is 2.99. The van der Waals surface area contributed by atoms with Gasteiger partial charge in [0.2, 0.25) is 0 Å². The number of nitrogens with two attached hydrogens (primary N) is 1. The Morgan fingerprint density at radius 2 is 1.86 bits per heavy atom. The highest BCUT2D eigenvalue weighted by atomic mass is 35.5. The van der Waals surface area contributed by atoms with E-state index in [-0.39, 0.29) is 0 Å². The molecule has 0 unspecified atom stereocenters. The van der Waals surface area contributed by atoms with Crippen LogP contribution in [0.4, 0.5) is 0 Å². The normalized spacial score (nSPS) is 10.9. The third-order valence-electron chi connectivity index (χ3n) is 3.74. The standard InChI is InChI=1S/C19H17ClN2/c1-11-8-12(2)19-16(9-11)15(13(3)21)10-18(22-19)14-6-4-5-7-17(14)20/h4-10H,3,21H2,1-2H3. The van der Waals surface area contributed by atoms with Crippen LogP contribution in [-0.4, -0.2) is 4.98 Å². The molecule has 0 saturated heterocycles. The Labute approximate surface area is 135 Å². The summed E-state index contributed by atoms with van der Waals surface area (Å²) < 4.78 is 0. The van der Waals surface area contributed by atoms with Gasteiger partial charge in [0.25, 0.3) is 0 Å². The molecule has 0 atom stereocenters. The van der Waals surface area contributed by atoms with Crippen molar-refractivity contribution in [2.24, 2.45) is 5.73 Å². The zero-order valence-corrected chi connectivity index (χ0v) is 13.4. The lowest BCUT2D eigenvalue weighted by molar-refractivity contribution is 1.33. The molecule has 2 nitrogen and oxygen atoms in total. The molecule has 0 aliphatic rings. The van der Waals surface area contributed by atoms with E-state index in [2.05, 4.69) is 32.6 Å². The van der Waals surface area contributed by atoms with Crippen LogP contribution in [0, 0.1) is 13.8 Å². The van der Waals surface area contributed by atoms with Crippen LogP contribution in [0.5, 0.6) is 0 Å². The molecule has 1 heterocycles. The third kappa shape index (κ3) is 2.46. The van der Waals surface area contributed by atoms with Crippen molar-refractivity contribution in [1.29, 1.82) is 0 Å². The molecular weight excluding hydrogens is 292 g/mol. The zero-order chi connectivity index (χ0) is 15.9. The molecule has 0 saturated carbocycles. The largest absolute Gasteiger partial charge is 0.399 e. The molecule has 2 aromatic carbocycles. The molecule has 3 heteroatoms. The molecule has 0 bridgehead atoms. The van der Waals surface area contributed by atoms with Crippen LogP contribution in [0.3, 0.4) is 0 Å². The summed E-state index contributed by atoms with van der Waals surface area (Å²) in [6, 6.07) is 13.9. The maximum absolute atomic E-state index is 6.31. The third-order valence-corrected chi connectivity index (χ3v) is 4.07. The molecular formula is C19H17ClN2. The summed E-state index contributed by atoms with van der Waals surface area (Å²) in [4.78, 5) is 4.81. The van der Waals surface area contributed by atoms with E-state index in [0.29, 0.717) is 10.7 Å². The summed E-state index contributed by atoms with van der Waals surface area (Å²) >= 11 is 6.31. The minimum atomic E-state index is 0.533. The smallest absolute Gasteiger partial charge is 0.0745 e. The van der Waals surface area contributed by atoms with E-state index in [1.54, 1.807) is 0 Å². The van der Waals surface area contributed by atoms with Crippen molar-refractivity contribution in [2.75, 3.05) is 0 Å². The Bertz CT molecular complexity index is 897. The monoisotopic (exact) mass is 308 g/mol. The van der Waals surface area contributed by atoms with Crippen molar-refractivity contribution < 1.29 is 0 Å². The Morgan fingerprint density at radius 1 is 1.14 bits per heavy atom. The van der Waals surface area contributed by atoms with Crippen molar-refractivity contribution in [3.63, 3.8) is 0 Å². The van der Waals surface area contributed by atoms with Crippen LogP contribution in [0.1, 0.15) is 16.7 Å². The summed E-state index contributed by atoms with van der Waals surface area (Å²) in [6.07, 6.45) is 0. The molecule has 22 heavy (non-hydrogen) atoms. The summed E-state index contributed by atoms with van der Waals surface area (Å²) in [5.74, 6) is 0. The van der Waals surface area contributed by atoms with Gasteiger partial charge >= 0.3 is 0 Å². The van der Waals surface area contributed by atoms with Gasteiger partial charge in [-0.1, -0.05) is 48.0 Å². The minimum Gasteiger partial charge on any atom is -0.399 e. The highest BCUT2D eigenvalue weighted by Gasteiger charge is 2.12. The van der Waals surface area contributed by atoms with Crippen LogP contribution in [0.25, 0.3) is 27.9 Å². The fourth-order valence-electron chi connectivity index (χ4n) is 2.75. The quantitative estimate of drug-likeness (QED) is 0.715. The number of aryl methyl sites for hydroxylation is 2. The first kappa shape index (κ1) is 14.6. The van der Waals surface area contributed by atoms with Gasteiger partial charge in [-0.2, -0.15) is 0 Å². The number of hydrogen-bond donors (Lipinski definition) is 1. The molecule has 0 fully saturated rings. The summed E-state index contributed by atoms with van der Waals surface area (Å²) in [6.45, 7) is 8.03. The molecule has 1 aromatic heterocycles. The van der Waals surface area contributed by atoms with Gasteiger partial charge in [0.1, 0.15) is 0 Å². The highest BCUT2D eigenvalue weighted by molar-refractivity contribution is 6.33. The second-order valence-electron chi connectivity index (χ2n) is 5.54. The van der Waals surface area contributed by atoms with Gasteiger partial charge in [0.15, 0.2) is 0 Å². The molecule has 0 radical (unpaired) electrons. The second kappa shape index (κ2) is 5.47. The number of halogens is 1. The van der Waals surface area contributed by atoms with Crippen molar-refractivity contribution in [3.05, 3.63) is 70.8 Å². The van der Waals surface area contributed by atoms with E-state index in [0.717, 1.165) is 33.3 Å². The van der Waals surface area contributed by atoms with Crippen LogP contribution < -0.4 is 5.73 Å². The number of aromatic nitrogens is 1. The Balaban J connectivity index is 2.40. The van der Waals surface area contributed by atoms with E-state index in [1.165, 1.54) is 5.56 Å². The fraction of sp³-hybridized carbons (Fsp3) is 0.105. The first-order valence-corrected chi connectivity index (χ1v) is 7.47. The van der Waals surface area contributed by atoms with Crippen molar-refractivity contribution in [3.8, 4) is 11.3 Å². The summed E-state index contributed by atoms with van der Waals surface area (Å²) in [5, 5.41) is 1.70. The Hall–Kier alpha value is -2.32. The average molecular weight is 309 g/mol. The summed E-state index contributed by atoms with van der Waals surface area (Å²) in [7, 11) is 0. The highest BCUT2D eigenvalue weighted by Crippen LogP contribution is 2.32. The van der Waals surface area contributed by atoms with Gasteiger partial charge in [-0.3, -0.25) is 0 Å². The molecule has 0 aliphatic heterocycles. The van der Waals surface area contributed by atoms with Crippen molar-refractivity contribution in [2.45, 2.75) is 13.8 Å². The average Bonchev–Trinajstić information content (AvgIpc) is 2.46. The van der Waals surface area contributed by atoms with E-state index in [1.807, 2.05) is 30.3 Å². The van der Waals surface area contributed by atoms with Crippen molar-refractivity contribution >= 4 is 28.2 Å². The maximum Gasteiger partial charge on any atom is 0.0745 e. The van der Waals surface area contributed by atoms with E-state index >= 15 is 0 Å². The lowest BCUT2D eigenvalue weighted by Gasteiger charge is -2.13. The molecule has 0 spiro atoms. The molecule has 3 aromatic rings. The van der Waals surface area contributed by atoms with Crippen molar-refractivity contribution in [1.82, 2.24) is 4.98 Å². The minimum absolute atomic E-state index is 0.533. The maximum atomic E-state index is 6.31. The zero-order valence-electron chi connectivity index (χ0n) is 12.7. The van der Waals surface area contributed by atoms with Gasteiger partial charge in [-0.15, -0.1) is 0 Å². The van der Waals surface area contributed by atoms with Crippen LogP contribution in [0.15, 0.2) is 49.0 Å². The predicted molar refractivity (Wildman–Crippen MR) is 94.9 cm³/mol. The molecule has 0 amide bonds. The first-order chi connectivity index (χ1) is 10.5. The van der Waals surface area contributed by atoms with Crippen LogP contribution in [-0.2, 0) is 0 Å². The molecule has 3 rings (SSSR count). The second-order valence-corrected chi connectivity index (χ2v) is 5.95. The van der Waals surface area contributed by atoms with Gasteiger partial charge in [-0.05, 0) is 37.6 Å². The number of rotatable bonds is 2. The lowest BCUT2D eigenvalue weighted by Crippen LogP contribution is -1.99. The van der Waals surface area contributed by atoms with Gasteiger partial charge < -0.3 is 5.73 Å². The molecule has 110 valence electrons.